The van der Waals surface area contributed by atoms with Gasteiger partial charge in [-0.25, -0.2) is 15.0 Å². The van der Waals surface area contributed by atoms with Gasteiger partial charge >= 0.3 is 0 Å². The molecule has 0 unspecified atom stereocenters. The van der Waals surface area contributed by atoms with Crippen molar-refractivity contribution in [2.45, 2.75) is 0 Å². The number of pyridine rings is 1. The molecule has 0 saturated heterocycles. The first kappa shape index (κ1) is 36.3. The first-order valence-corrected chi connectivity index (χ1v) is 20.1. The molecule has 60 heavy (non-hydrogen) atoms. The van der Waals surface area contributed by atoms with E-state index in [0.29, 0.717) is 17.5 Å². The molecule has 8 aromatic carbocycles. The zero-order chi connectivity index (χ0) is 40.1. The monoisotopic (exact) mass is 766 g/mol. The second-order valence-electron chi connectivity index (χ2n) is 14.7. The summed E-state index contributed by atoms with van der Waals surface area (Å²) in [4.78, 5) is 20.5. The molecule has 0 atom stereocenters. The summed E-state index contributed by atoms with van der Waals surface area (Å²) < 4.78 is 0. The highest BCUT2D eigenvalue weighted by molar-refractivity contribution is 5.88. The average molecular weight is 767 g/mol. The van der Waals surface area contributed by atoms with E-state index in [2.05, 4.69) is 194 Å². The third-order valence-electron chi connectivity index (χ3n) is 10.8. The van der Waals surface area contributed by atoms with Gasteiger partial charge in [-0.05, 0) is 74.3 Å². The number of rotatable bonds is 9. The fourth-order valence-electron chi connectivity index (χ4n) is 7.68. The Hall–Kier alpha value is -8.08. The topological polar surface area (TPSA) is 51.6 Å². The van der Waals surface area contributed by atoms with E-state index in [0.717, 1.165) is 83.6 Å². The van der Waals surface area contributed by atoms with E-state index in [1.807, 2.05) is 36.5 Å². The minimum absolute atomic E-state index is 0.587. The Morgan fingerprint density at radius 2 is 0.567 bits per heavy atom. The third-order valence-corrected chi connectivity index (χ3v) is 10.8. The lowest BCUT2D eigenvalue weighted by atomic mass is 9.91. The Labute approximate surface area is 350 Å². The molecule has 10 rings (SSSR count). The molecule has 0 saturated carbocycles. The van der Waals surface area contributed by atoms with Crippen LogP contribution in [0.15, 0.2) is 231 Å². The van der Waals surface area contributed by atoms with Crippen LogP contribution in [0.2, 0.25) is 0 Å². The molecule has 4 heteroatoms. The van der Waals surface area contributed by atoms with E-state index < -0.39 is 0 Å². The highest BCUT2D eigenvalue weighted by atomic mass is 15.0. The molecule has 0 aliphatic carbocycles. The summed E-state index contributed by atoms with van der Waals surface area (Å²) in [5.41, 5.74) is 15.8. The number of hydrogen-bond acceptors (Lipinski definition) is 4. The van der Waals surface area contributed by atoms with Gasteiger partial charge in [-0.3, -0.25) is 4.98 Å². The molecule has 4 nitrogen and oxygen atoms in total. The van der Waals surface area contributed by atoms with Gasteiger partial charge in [-0.15, -0.1) is 0 Å². The number of hydrogen-bond donors (Lipinski definition) is 0. The van der Waals surface area contributed by atoms with E-state index in [4.69, 9.17) is 19.9 Å². The van der Waals surface area contributed by atoms with Crippen molar-refractivity contribution >= 4 is 0 Å². The molecular formula is C56H38N4. The molecule has 282 valence electrons. The predicted octanol–water partition coefficient (Wildman–Crippen LogP) is 14.3. The van der Waals surface area contributed by atoms with Crippen molar-refractivity contribution in [3.8, 4) is 101 Å². The van der Waals surface area contributed by atoms with Gasteiger partial charge in [0.15, 0.2) is 17.5 Å². The number of nitrogens with zero attached hydrogens (tertiary/aromatic N) is 4. The van der Waals surface area contributed by atoms with Crippen molar-refractivity contribution in [2.75, 3.05) is 0 Å². The Kier molecular flexibility index (Phi) is 9.92. The molecular weight excluding hydrogens is 729 g/mol. The van der Waals surface area contributed by atoms with Crippen molar-refractivity contribution in [2.24, 2.45) is 0 Å². The summed E-state index contributed by atoms with van der Waals surface area (Å²) in [5, 5.41) is 0. The van der Waals surface area contributed by atoms with Gasteiger partial charge in [-0.2, -0.15) is 0 Å². The fraction of sp³-hybridized carbons (Fsp3) is 0. The second-order valence-corrected chi connectivity index (χ2v) is 14.7. The van der Waals surface area contributed by atoms with Crippen molar-refractivity contribution in [1.82, 2.24) is 19.9 Å². The van der Waals surface area contributed by atoms with Crippen LogP contribution >= 0.6 is 0 Å². The maximum Gasteiger partial charge on any atom is 0.164 e. The van der Waals surface area contributed by atoms with Crippen LogP contribution in [0.3, 0.4) is 0 Å². The summed E-state index contributed by atoms with van der Waals surface area (Å²) in [6, 6.07) is 78.0. The molecule has 2 aromatic heterocycles. The van der Waals surface area contributed by atoms with Crippen LogP contribution in [0.1, 0.15) is 0 Å². The van der Waals surface area contributed by atoms with Crippen LogP contribution in [0, 0.1) is 0 Å². The molecule has 10 aromatic rings. The van der Waals surface area contributed by atoms with Crippen molar-refractivity contribution in [3.05, 3.63) is 231 Å². The maximum absolute atomic E-state index is 5.23. The van der Waals surface area contributed by atoms with Crippen LogP contribution in [-0.2, 0) is 0 Å². The minimum atomic E-state index is 0.587. The summed E-state index contributed by atoms with van der Waals surface area (Å²) in [5.74, 6) is 1.79. The van der Waals surface area contributed by atoms with Gasteiger partial charge in [0.25, 0.3) is 0 Å². The van der Waals surface area contributed by atoms with Crippen LogP contribution in [0.25, 0.3) is 101 Å². The first-order valence-electron chi connectivity index (χ1n) is 20.1. The SMILES string of the molecule is c1ccc(-c2ccc(-c3nc(-c4ccc(-c5ccccc5)cc4)nc(-c4cc(-c5ccc(-c6ccccc6)nc5)cc(-c5ccccc5-c5ccccc5)c4)n3)cc2)cc1. The summed E-state index contributed by atoms with van der Waals surface area (Å²) in [6.07, 6.45) is 1.96. The van der Waals surface area contributed by atoms with Gasteiger partial charge in [0.1, 0.15) is 0 Å². The van der Waals surface area contributed by atoms with Gasteiger partial charge in [-0.1, -0.05) is 200 Å². The lowest BCUT2D eigenvalue weighted by Gasteiger charge is -2.15. The molecule has 0 amide bonds. The maximum atomic E-state index is 5.23. The molecule has 0 aliphatic heterocycles. The smallest absolute Gasteiger partial charge is 0.164 e. The van der Waals surface area contributed by atoms with Crippen molar-refractivity contribution < 1.29 is 0 Å². The molecule has 0 spiro atoms. The normalized spacial score (nSPS) is 11.0. The Bertz CT molecular complexity index is 2920. The van der Waals surface area contributed by atoms with Gasteiger partial charge in [0.2, 0.25) is 0 Å². The van der Waals surface area contributed by atoms with Crippen LogP contribution in [0.5, 0.6) is 0 Å². The number of benzene rings is 8. The summed E-state index contributed by atoms with van der Waals surface area (Å²) in [7, 11) is 0. The number of aromatic nitrogens is 4. The van der Waals surface area contributed by atoms with E-state index in [1.165, 1.54) is 0 Å². The Morgan fingerprint density at radius 3 is 1.05 bits per heavy atom. The fourth-order valence-corrected chi connectivity index (χ4v) is 7.68. The summed E-state index contributed by atoms with van der Waals surface area (Å²) in [6.45, 7) is 0. The molecule has 0 N–H and O–H groups in total. The van der Waals surface area contributed by atoms with Crippen molar-refractivity contribution in [1.29, 1.82) is 0 Å². The van der Waals surface area contributed by atoms with Gasteiger partial charge in [0, 0.05) is 34.0 Å². The Balaban J connectivity index is 1.14. The van der Waals surface area contributed by atoms with Crippen LogP contribution in [-0.4, -0.2) is 19.9 Å². The average Bonchev–Trinajstić information content (AvgIpc) is 3.35. The highest BCUT2D eigenvalue weighted by Gasteiger charge is 2.17. The predicted molar refractivity (Wildman–Crippen MR) is 247 cm³/mol. The van der Waals surface area contributed by atoms with E-state index in [9.17, 15) is 0 Å². The van der Waals surface area contributed by atoms with Gasteiger partial charge in [0.05, 0.1) is 5.69 Å². The lowest BCUT2D eigenvalue weighted by Crippen LogP contribution is -2.01. The van der Waals surface area contributed by atoms with E-state index in [-0.39, 0.29) is 0 Å². The lowest BCUT2D eigenvalue weighted by molar-refractivity contribution is 1.07. The molecule has 2 heterocycles. The minimum Gasteiger partial charge on any atom is -0.256 e. The largest absolute Gasteiger partial charge is 0.256 e. The zero-order valence-corrected chi connectivity index (χ0v) is 32.7. The molecule has 0 radical (unpaired) electrons. The van der Waals surface area contributed by atoms with E-state index >= 15 is 0 Å². The Morgan fingerprint density at radius 1 is 0.217 bits per heavy atom. The third kappa shape index (κ3) is 7.66. The molecule has 0 aliphatic rings. The zero-order valence-electron chi connectivity index (χ0n) is 32.7. The molecule has 0 fully saturated rings. The second kappa shape index (κ2) is 16.4. The quantitative estimate of drug-likeness (QED) is 0.147. The van der Waals surface area contributed by atoms with Crippen LogP contribution in [0.4, 0.5) is 0 Å². The van der Waals surface area contributed by atoms with Crippen LogP contribution < -0.4 is 0 Å². The molecule has 0 bridgehead atoms. The summed E-state index contributed by atoms with van der Waals surface area (Å²) >= 11 is 0. The van der Waals surface area contributed by atoms with E-state index in [1.54, 1.807) is 0 Å². The van der Waals surface area contributed by atoms with Gasteiger partial charge < -0.3 is 0 Å². The van der Waals surface area contributed by atoms with Crippen molar-refractivity contribution in [3.63, 3.8) is 0 Å². The highest BCUT2D eigenvalue weighted by Crippen LogP contribution is 2.38. The first-order chi connectivity index (χ1) is 29.7. The standard InChI is InChI=1S/C56H38N4/c1-5-15-39(16-6-1)41-25-29-45(30-26-41)54-58-55(46-31-27-42(28-32-46)40-17-7-2-8-18-40)60-56(59-54)50-36-48(47-33-34-53(57-38-47)44-21-11-4-12-22-44)35-49(37-50)52-24-14-13-23-51(52)43-19-9-3-10-20-43/h1-38H.